The number of aromatic nitrogens is 4. The summed E-state index contributed by atoms with van der Waals surface area (Å²) in [5.74, 6) is -0.752. The number of nitrogens with zero attached hydrogens (tertiary/aromatic N) is 8. The van der Waals surface area contributed by atoms with Crippen molar-refractivity contribution in [3.8, 4) is 0 Å². The first-order valence-corrected chi connectivity index (χ1v) is 23.8. The summed E-state index contributed by atoms with van der Waals surface area (Å²) in [5, 5.41) is 17.8. The first-order valence-electron chi connectivity index (χ1n) is 17.3. The standard InChI is InChI=1S/2C18H18N4O3S3.2H3N/c2*1-2-21-13-7-3-5-9-15(13)26-17(21)19-20-18-22(11-12-28(23,24)25)14-8-4-6-10-16(14)27-18;;/h2*3-10H,2,11-12H2,1H3,(H,23,24,25);2*1H3. The van der Waals surface area contributed by atoms with E-state index in [1.165, 1.54) is 22.7 Å². The van der Waals surface area contributed by atoms with Gasteiger partial charge in [-0.15, -0.1) is 20.4 Å². The van der Waals surface area contributed by atoms with Gasteiger partial charge in [0.05, 0.1) is 52.4 Å². The molecule has 0 radical (unpaired) electrons. The molecule has 8 aromatic rings. The molecule has 0 saturated carbocycles. The summed E-state index contributed by atoms with van der Waals surface area (Å²) in [6.45, 7) is 5.88. The average molecular weight is 903 g/mol. The van der Waals surface area contributed by atoms with Gasteiger partial charge in [-0.2, -0.15) is 16.8 Å². The molecule has 0 aliphatic rings. The minimum Gasteiger partial charge on any atom is -0.344 e. The molecule has 8 rings (SSSR count). The predicted octanol–water partition coefficient (Wildman–Crippen LogP) is 6.41. The Morgan fingerprint density at radius 2 is 0.690 bits per heavy atom. The summed E-state index contributed by atoms with van der Waals surface area (Å²) >= 11 is 5.99. The monoisotopic (exact) mass is 902 g/mol. The number of rotatable bonds is 10. The fourth-order valence-electron chi connectivity index (χ4n) is 6.02. The van der Waals surface area contributed by atoms with E-state index in [4.69, 9.17) is 9.11 Å². The fraction of sp³-hybridized carbons (Fsp3) is 0.222. The number of thiazole rings is 4. The number of fused-ring (bicyclic) bond motifs is 4. The van der Waals surface area contributed by atoms with Crippen molar-refractivity contribution < 1.29 is 25.9 Å². The number of para-hydroxylation sites is 4. The first kappa shape index (κ1) is 44.5. The highest BCUT2D eigenvalue weighted by Gasteiger charge is 2.12. The van der Waals surface area contributed by atoms with Crippen LogP contribution in [0, 0.1) is 0 Å². The molecule has 4 heterocycles. The lowest BCUT2D eigenvalue weighted by molar-refractivity contribution is 0.476. The van der Waals surface area contributed by atoms with Gasteiger partial charge in [0.15, 0.2) is 0 Å². The van der Waals surface area contributed by atoms with E-state index in [0.717, 1.165) is 63.6 Å². The Morgan fingerprint density at radius 3 is 0.948 bits per heavy atom. The Kier molecular flexibility index (Phi) is 14.5. The van der Waals surface area contributed by atoms with Gasteiger partial charge < -0.3 is 30.6 Å². The Balaban J connectivity index is 0.000000214. The summed E-state index contributed by atoms with van der Waals surface area (Å²) in [5.41, 5.74) is 3.95. The van der Waals surface area contributed by atoms with E-state index in [1.807, 2.05) is 72.8 Å². The van der Waals surface area contributed by atoms with Crippen LogP contribution in [0.4, 0.5) is 0 Å². The molecule has 0 atom stereocenters. The van der Waals surface area contributed by atoms with Gasteiger partial charge >= 0.3 is 0 Å². The van der Waals surface area contributed by atoms with Gasteiger partial charge in [-0.1, -0.05) is 93.9 Å². The van der Waals surface area contributed by atoms with Crippen LogP contribution in [-0.2, 0) is 46.4 Å². The highest BCUT2D eigenvalue weighted by Crippen LogP contribution is 2.20. The summed E-state index contributed by atoms with van der Waals surface area (Å²) in [7, 11) is -8.14. The maximum absolute atomic E-state index is 11.2. The molecule has 4 aromatic carbocycles. The zero-order chi connectivity index (χ0) is 39.5. The van der Waals surface area contributed by atoms with E-state index in [-0.39, 0.29) is 36.9 Å². The highest BCUT2D eigenvalue weighted by atomic mass is 32.2. The molecular formula is C36H42N10O6S6. The molecule has 0 amide bonds. The van der Waals surface area contributed by atoms with Gasteiger partial charge in [-0.25, -0.2) is 0 Å². The minimum absolute atomic E-state index is 0. The average Bonchev–Trinajstić information content (AvgIpc) is 3.93. The third-order valence-corrected chi connectivity index (χ3v) is 14.2. The van der Waals surface area contributed by atoms with E-state index < -0.39 is 20.2 Å². The van der Waals surface area contributed by atoms with Gasteiger partial charge in [0.2, 0.25) is 19.2 Å². The summed E-state index contributed by atoms with van der Waals surface area (Å²) < 4.78 is 75.2. The predicted molar refractivity (Wildman–Crippen MR) is 236 cm³/mol. The molecule has 16 nitrogen and oxygen atoms in total. The molecule has 0 spiro atoms. The molecule has 0 aliphatic heterocycles. The van der Waals surface area contributed by atoms with Crippen LogP contribution in [0.2, 0.25) is 0 Å². The maximum atomic E-state index is 11.2. The van der Waals surface area contributed by atoms with E-state index in [1.54, 1.807) is 31.8 Å². The summed E-state index contributed by atoms with van der Waals surface area (Å²) in [4.78, 5) is 2.74. The second kappa shape index (κ2) is 19.0. The van der Waals surface area contributed by atoms with E-state index >= 15 is 0 Å². The third kappa shape index (κ3) is 10.1. The van der Waals surface area contributed by atoms with E-state index in [2.05, 4.69) is 67.7 Å². The number of hydrogen-bond acceptors (Lipinski definition) is 14. The number of hydrogen-bond donors (Lipinski definition) is 4. The molecule has 8 N–H and O–H groups in total. The van der Waals surface area contributed by atoms with E-state index in [9.17, 15) is 16.8 Å². The Morgan fingerprint density at radius 1 is 0.448 bits per heavy atom. The van der Waals surface area contributed by atoms with Crippen LogP contribution < -0.4 is 31.5 Å². The van der Waals surface area contributed by atoms with Gasteiger partial charge in [0.25, 0.3) is 20.2 Å². The van der Waals surface area contributed by atoms with Crippen molar-refractivity contribution in [2.45, 2.75) is 40.0 Å². The molecule has 0 saturated heterocycles. The smallest absolute Gasteiger partial charge is 0.266 e. The third-order valence-electron chi connectivity index (χ3n) is 8.57. The summed E-state index contributed by atoms with van der Waals surface area (Å²) in [6.07, 6.45) is 0. The van der Waals surface area contributed by atoms with Crippen molar-refractivity contribution in [2.75, 3.05) is 11.5 Å². The lowest BCUT2D eigenvalue weighted by Gasteiger charge is -2.02. The largest absolute Gasteiger partial charge is 0.344 e. The maximum Gasteiger partial charge on any atom is 0.266 e. The van der Waals surface area contributed by atoms with E-state index in [0.29, 0.717) is 9.60 Å². The molecule has 22 heteroatoms. The van der Waals surface area contributed by atoms with Crippen molar-refractivity contribution >= 4 is 106 Å². The molecule has 4 aromatic heterocycles. The number of benzene rings is 4. The highest BCUT2D eigenvalue weighted by molar-refractivity contribution is 7.86. The Bertz CT molecular complexity index is 3000. The lowest BCUT2D eigenvalue weighted by Crippen LogP contribution is -2.21. The first-order chi connectivity index (χ1) is 26.9. The second-order valence-corrected chi connectivity index (χ2v) is 19.4. The van der Waals surface area contributed by atoms with Crippen molar-refractivity contribution in [3.05, 3.63) is 116 Å². The molecule has 0 fully saturated rings. The van der Waals surface area contributed by atoms with Crippen LogP contribution >= 0.6 is 45.3 Å². The van der Waals surface area contributed by atoms with Crippen LogP contribution in [-0.4, -0.2) is 55.7 Å². The molecule has 308 valence electrons. The molecule has 58 heavy (non-hydrogen) atoms. The van der Waals surface area contributed by atoms with Crippen LogP contribution in [0.1, 0.15) is 13.8 Å². The molecule has 0 aliphatic carbocycles. The van der Waals surface area contributed by atoms with Gasteiger partial charge in [-0.05, 0) is 62.4 Å². The topological polar surface area (TPSA) is 248 Å². The number of aryl methyl sites for hydroxylation is 4. The molecule has 0 bridgehead atoms. The molecular weight excluding hydrogens is 861 g/mol. The van der Waals surface area contributed by atoms with Crippen molar-refractivity contribution in [2.24, 2.45) is 20.4 Å². The van der Waals surface area contributed by atoms with Gasteiger partial charge in [0, 0.05) is 26.2 Å². The van der Waals surface area contributed by atoms with Crippen LogP contribution in [0.3, 0.4) is 0 Å². The van der Waals surface area contributed by atoms with Crippen molar-refractivity contribution in [3.63, 3.8) is 0 Å². The van der Waals surface area contributed by atoms with Crippen molar-refractivity contribution in [1.29, 1.82) is 0 Å². The normalized spacial score (nSPS) is 13.3. The quantitative estimate of drug-likeness (QED) is 0.0880. The van der Waals surface area contributed by atoms with Crippen molar-refractivity contribution in [1.82, 2.24) is 30.6 Å². The van der Waals surface area contributed by atoms with Gasteiger partial charge in [-0.3, -0.25) is 9.11 Å². The Labute approximate surface area is 349 Å². The lowest BCUT2D eigenvalue weighted by atomic mass is 10.3. The zero-order valence-corrected chi connectivity index (χ0v) is 36.3. The minimum atomic E-state index is -4.07. The molecule has 0 unspecified atom stereocenters. The van der Waals surface area contributed by atoms with Crippen LogP contribution in [0.25, 0.3) is 40.9 Å². The van der Waals surface area contributed by atoms with Crippen LogP contribution in [0.15, 0.2) is 117 Å². The van der Waals surface area contributed by atoms with Crippen LogP contribution in [0.5, 0.6) is 0 Å². The fourth-order valence-corrected chi connectivity index (χ4v) is 10.9. The van der Waals surface area contributed by atoms with Gasteiger partial charge in [0.1, 0.15) is 0 Å². The zero-order valence-electron chi connectivity index (χ0n) is 31.4. The Hall–Kier alpha value is -4.62. The second-order valence-electron chi connectivity index (χ2n) is 12.2. The summed E-state index contributed by atoms with van der Waals surface area (Å²) in [6, 6.07) is 31.5. The SMILES string of the molecule is CCn1c(=NN=c2sc3ccccc3n2CCS(=O)(=O)O)sc2ccccc21.CCn1c(=NN=c2sc3ccccc3n2CCS(=O)(=O)O)sc2ccccc21.N.N.